The van der Waals surface area contributed by atoms with Gasteiger partial charge in [0.25, 0.3) is 5.91 Å². The van der Waals surface area contributed by atoms with Gasteiger partial charge in [-0.05, 0) is 50.5 Å². The number of carbonyl (C=O) groups excluding carboxylic acids is 2. The van der Waals surface area contributed by atoms with Gasteiger partial charge in [-0.3, -0.25) is 4.79 Å². The van der Waals surface area contributed by atoms with Gasteiger partial charge in [0.05, 0.1) is 12.2 Å². The zero-order valence-electron chi connectivity index (χ0n) is 17.5. The average Bonchev–Trinajstić information content (AvgIpc) is 2.99. The van der Waals surface area contributed by atoms with E-state index in [1.54, 1.807) is 11.0 Å². The molecule has 0 unspecified atom stereocenters. The minimum Gasteiger partial charge on any atom is -0.452 e. The zero-order valence-corrected chi connectivity index (χ0v) is 17.5. The van der Waals surface area contributed by atoms with Gasteiger partial charge in [-0.15, -0.1) is 0 Å². The number of anilines is 1. The Balaban J connectivity index is 1.45. The lowest BCUT2D eigenvalue weighted by atomic mass is 10.1. The van der Waals surface area contributed by atoms with Crippen LogP contribution in [0.4, 0.5) is 5.69 Å². The van der Waals surface area contributed by atoms with Gasteiger partial charge in [-0.2, -0.15) is 0 Å². The average molecular weight is 401 g/mol. The molecule has 158 valence electrons. The number of amides is 1. The molecule has 2 heterocycles. The number of benzene rings is 1. The number of carbonyl (C=O) groups is 2. The van der Waals surface area contributed by atoms with Crippen molar-refractivity contribution in [1.82, 2.24) is 4.90 Å². The van der Waals surface area contributed by atoms with E-state index in [0.717, 1.165) is 18.7 Å². The van der Waals surface area contributed by atoms with Crippen LogP contribution < -0.4 is 4.90 Å². The Morgan fingerprint density at radius 2 is 1.66 bits per heavy atom. The number of hydrogen-bond donors (Lipinski definition) is 0. The Hall–Kier alpha value is -2.34. The molecule has 1 amide bonds. The van der Waals surface area contributed by atoms with E-state index in [4.69, 9.17) is 9.47 Å². The van der Waals surface area contributed by atoms with Crippen LogP contribution >= 0.6 is 0 Å². The summed E-state index contributed by atoms with van der Waals surface area (Å²) in [5.41, 5.74) is 2.16. The molecule has 3 rings (SSSR count). The lowest BCUT2D eigenvalue weighted by Crippen LogP contribution is -2.49. The van der Waals surface area contributed by atoms with Crippen LogP contribution in [0.2, 0.25) is 0 Å². The normalized spacial score (nSPS) is 23.1. The lowest BCUT2D eigenvalue weighted by molar-refractivity contribution is -0.154. The van der Waals surface area contributed by atoms with Gasteiger partial charge >= 0.3 is 5.97 Å². The standard InChI is InChI=1S/C23H32N2O4/c1-18-15-25(16-19(2)29-18)22(26)17-28-23(27)12-9-20-7-10-21(11-8-20)24-13-5-3-4-6-14-24/h7-12,18-19H,3-6,13-17H2,1-2H3/b12-9+/t18-,19+. The first kappa shape index (κ1) is 21.4. The second-order valence-electron chi connectivity index (χ2n) is 7.99. The fourth-order valence-corrected chi connectivity index (χ4v) is 3.94. The van der Waals surface area contributed by atoms with E-state index in [0.29, 0.717) is 13.1 Å². The molecule has 6 nitrogen and oxygen atoms in total. The third-order valence-electron chi connectivity index (χ3n) is 5.39. The van der Waals surface area contributed by atoms with E-state index in [-0.39, 0.29) is 24.7 Å². The van der Waals surface area contributed by atoms with Crippen molar-refractivity contribution in [2.45, 2.75) is 51.7 Å². The maximum absolute atomic E-state index is 12.2. The number of ether oxygens (including phenoxy) is 2. The van der Waals surface area contributed by atoms with Crippen molar-refractivity contribution in [2.75, 3.05) is 37.7 Å². The molecule has 2 saturated heterocycles. The van der Waals surface area contributed by atoms with Crippen LogP contribution in [0.3, 0.4) is 0 Å². The molecular formula is C23H32N2O4. The molecule has 2 atom stereocenters. The molecular weight excluding hydrogens is 368 g/mol. The van der Waals surface area contributed by atoms with E-state index >= 15 is 0 Å². The highest BCUT2D eigenvalue weighted by atomic mass is 16.5. The molecule has 0 radical (unpaired) electrons. The molecule has 0 bridgehead atoms. The first-order valence-corrected chi connectivity index (χ1v) is 10.6. The van der Waals surface area contributed by atoms with Crippen molar-refractivity contribution in [3.05, 3.63) is 35.9 Å². The minimum atomic E-state index is -0.510. The number of esters is 1. The van der Waals surface area contributed by atoms with Gasteiger partial charge in [-0.25, -0.2) is 4.79 Å². The third-order valence-corrected chi connectivity index (χ3v) is 5.39. The summed E-state index contributed by atoms with van der Waals surface area (Å²) < 4.78 is 10.7. The summed E-state index contributed by atoms with van der Waals surface area (Å²) in [4.78, 5) is 28.3. The Labute approximate surface area is 173 Å². The zero-order chi connectivity index (χ0) is 20.6. The number of hydrogen-bond acceptors (Lipinski definition) is 5. The summed E-state index contributed by atoms with van der Waals surface area (Å²) >= 11 is 0. The molecule has 0 aliphatic carbocycles. The molecule has 2 aliphatic heterocycles. The Kier molecular flexibility index (Phi) is 7.69. The third kappa shape index (κ3) is 6.60. The Morgan fingerprint density at radius 3 is 2.28 bits per heavy atom. The molecule has 6 heteroatoms. The monoisotopic (exact) mass is 400 g/mol. The summed E-state index contributed by atoms with van der Waals surface area (Å²) in [6, 6.07) is 8.21. The summed E-state index contributed by atoms with van der Waals surface area (Å²) in [6.45, 7) is 6.90. The van der Waals surface area contributed by atoms with Crippen LogP contribution in [0.25, 0.3) is 6.08 Å². The van der Waals surface area contributed by atoms with Gasteiger partial charge in [0.2, 0.25) is 0 Å². The van der Waals surface area contributed by atoms with Crippen molar-refractivity contribution in [2.24, 2.45) is 0 Å². The molecule has 2 aliphatic rings. The lowest BCUT2D eigenvalue weighted by Gasteiger charge is -2.35. The van der Waals surface area contributed by atoms with Gasteiger partial charge in [0.15, 0.2) is 6.61 Å². The SMILES string of the molecule is C[C@@H]1CN(C(=O)COC(=O)/C=C/c2ccc(N3CCCCCC3)cc2)C[C@H](C)O1. The van der Waals surface area contributed by atoms with Crippen molar-refractivity contribution >= 4 is 23.6 Å². The molecule has 0 saturated carbocycles. The van der Waals surface area contributed by atoms with Crippen molar-refractivity contribution in [3.63, 3.8) is 0 Å². The minimum absolute atomic E-state index is 0.00409. The maximum atomic E-state index is 12.2. The van der Waals surface area contributed by atoms with E-state index in [1.807, 2.05) is 26.0 Å². The molecule has 1 aromatic carbocycles. The summed E-state index contributed by atoms with van der Waals surface area (Å²) in [6.07, 6.45) is 8.20. The van der Waals surface area contributed by atoms with Crippen LogP contribution in [0.15, 0.2) is 30.3 Å². The highest BCUT2D eigenvalue weighted by Crippen LogP contribution is 2.20. The first-order chi connectivity index (χ1) is 14.0. The van der Waals surface area contributed by atoms with Crippen LogP contribution in [-0.4, -0.2) is 61.8 Å². The molecule has 29 heavy (non-hydrogen) atoms. The summed E-state index contributed by atoms with van der Waals surface area (Å²) in [5.74, 6) is -0.695. The topological polar surface area (TPSA) is 59.1 Å². The van der Waals surface area contributed by atoms with E-state index in [1.165, 1.54) is 37.4 Å². The van der Waals surface area contributed by atoms with Gasteiger partial charge in [0, 0.05) is 37.9 Å². The predicted molar refractivity (Wildman–Crippen MR) is 114 cm³/mol. The largest absolute Gasteiger partial charge is 0.452 e. The van der Waals surface area contributed by atoms with Gasteiger partial charge in [0.1, 0.15) is 0 Å². The van der Waals surface area contributed by atoms with Crippen molar-refractivity contribution in [1.29, 1.82) is 0 Å². The Bertz CT molecular complexity index is 698. The fourth-order valence-electron chi connectivity index (χ4n) is 3.94. The van der Waals surface area contributed by atoms with Crippen molar-refractivity contribution in [3.8, 4) is 0 Å². The van der Waals surface area contributed by atoms with Crippen LogP contribution in [-0.2, 0) is 19.1 Å². The number of nitrogens with zero attached hydrogens (tertiary/aromatic N) is 2. The van der Waals surface area contributed by atoms with E-state index < -0.39 is 5.97 Å². The fraction of sp³-hybridized carbons (Fsp3) is 0.565. The highest BCUT2D eigenvalue weighted by Gasteiger charge is 2.26. The maximum Gasteiger partial charge on any atom is 0.331 e. The summed E-state index contributed by atoms with van der Waals surface area (Å²) in [7, 11) is 0. The second kappa shape index (κ2) is 10.4. The highest BCUT2D eigenvalue weighted by molar-refractivity contribution is 5.89. The van der Waals surface area contributed by atoms with Crippen LogP contribution in [0.1, 0.15) is 45.1 Å². The number of morpholine rings is 1. The van der Waals surface area contributed by atoms with Gasteiger partial charge < -0.3 is 19.3 Å². The summed E-state index contributed by atoms with van der Waals surface area (Å²) in [5, 5.41) is 0. The smallest absolute Gasteiger partial charge is 0.331 e. The Morgan fingerprint density at radius 1 is 1.03 bits per heavy atom. The van der Waals surface area contributed by atoms with Crippen LogP contribution in [0.5, 0.6) is 0 Å². The van der Waals surface area contributed by atoms with Crippen LogP contribution in [0, 0.1) is 0 Å². The molecule has 0 spiro atoms. The molecule has 2 fully saturated rings. The predicted octanol–water partition coefficient (Wildman–Crippen LogP) is 3.26. The van der Waals surface area contributed by atoms with E-state index in [9.17, 15) is 9.59 Å². The first-order valence-electron chi connectivity index (χ1n) is 10.6. The molecule has 1 aromatic rings. The molecule has 0 N–H and O–H groups in total. The number of rotatable bonds is 5. The van der Waals surface area contributed by atoms with E-state index in [2.05, 4.69) is 17.0 Å². The quantitative estimate of drug-likeness (QED) is 0.561. The van der Waals surface area contributed by atoms with Gasteiger partial charge in [-0.1, -0.05) is 25.0 Å². The second-order valence-corrected chi connectivity index (χ2v) is 7.99. The molecule has 0 aromatic heterocycles. The van der Waals surface area contributed by atoms with Crippen molar-refractivity contribution < 1.29 is 19.1 Å².